The van der Waals surface area contributed by atoms with Gasteiger partial charge in [-0.15, -0.1) is 0 Å². The van der Waals surface area contributed by atoms with Crippen molar-refractivity contribution in [1.29, 1.82) is 0 Å². The van der Waals surface area contributed by atoms with E-state index in [-0.39, 0.29) is 11.9 Å². The molecule has 0 aromatic heterocycles. The van der Waals surface area contributed by atoms with Gasteiger partial charge in [-0.05, 0) is 31.4 Å². The summed E-state index contributed by atoms with van der Waals surface area (Å²) in [6.07, 6.45) is 2.38. The molecule has 0 amide bonds. The number of aryl methyl sites for hydroxylation is 1. The largest absolute Gasteiger partial charge is 0.486 e. The van der Waals surface area contributed by atoms with Crippen molar-refractivity contribution in [3.8, 4) is 5.75 Å². The lowest BCUT2D eigenvalue weighted by Crippen LogP contribution is -2.36. The third-order valence-electron chi connectivity index (χ3n) is 3.01. The second-order valence-corrected chi connectivity index (χ2v) is 4.79. The Bertz CT molecular complexity index is 393. The molecule has 0 saturated heterocycles. The van der Waals surface area contributed by atoms with Crippen molar-refractivity contribution in [3.05, 3.63) is 29.6 Å². The third kappa shape index (κ3) is 3.96. The number of hydrogen-bond acceptors (Lipinski definition) is 3. The predicted octanol–water partition coefficient (Wildman–Crippen LogP) is 2.28. The van der Waals surface area contributed by atoms with Crippen LogP contribution in [-0.2, 0) is 4.74 Å². The molecule has 1 saturated carbocycles. The van der Waals surface area contributed by atoms with Gasteiger partial charge in [0.25, 0.3) is 0 Å². The summed E-state index contributed by atoms with van der Waals surface area (Å²) in [5.41, 5.74) is 0.934. The molecule has 18 heavy (non-hydrogen) atoms. The smallest absolute Gasteiger partial charge is 0.134 e. The first-order chi connectivity index (χ1) is 8.69. The fraction of sp³-hybridized carbons (Fsp3) is 0.571. The summed E-state index contributed by atoms with van der Waals surface area (Å²) < 4.78 is 24.1. The van der Waals surface area contributed by atoms with Gasteiger partial charge in [-0.2, -0.15) is 0 Å². The van der Waals surface area contributed by atoms with Gasteiger partial charge in [-0.1, -0.05) is 6.07 Å². The molecule has 0 aliphatic heterocycles. The van der Waals surface area contributed by atoms with Crippen LogP contribution >= 0.6 is 0 Å². The monoisotopic (exact) mass is 253 g/mol. The van der Waals surface area contributed by atoms with Crippen molar-refractivity contribution in [2.45, 2.75) is 31.9 Å². The number of halogens is 1. The van der Waals surface area contributed by atoms with Crippen LogP contribution in [0.25, 0.3) is 0 Å². The SMILES string of the molecule is COCC(CNC1CC1)Oc1cc(F)ccc1C. The zero-order valence-electron chi connectivity index (χ0n) is 10.9. The molecule has 0 bridgehead atoms. The van der Waals surface area contributed by atoms with Gasteiger partial charge in [0.2, 0.25) is 0 Å². The van der Waals surface area contributed by atoms with E-state index in [2.05, 4.69) is 5.32 Å². The van der Waals surface area contributed by atoms with Crippen LogP contribution in [0, 0.1) is 12.7 Å². The van der Waals surface area contributed by atoms with E-state index in [1.165, 1.54) is 25.0 Å². The second-order valence-electron chi connectivity index (χ2n) is 4.79. The lowest BCUT2D eigenvalue weighted by Gasteiger charge is -2.20. The van der Waals surface area contributed by atoms with E-state index in [9.17, 15) is 4.39 Å². The van der Waals surface area contributed by atoms with Crippen LogP contribution in [-0.4, -0.2) is 32.4 Å². The topological polar surface area (TPSA) is 30.5 Å². The van der Waals surface area contributed by atoms with Crippen molar-refractivity contribution in [2.75, 3.05) is 20.3 Å². The fourth-order valence-corrected chi connectivity index (χ4v) is 1.79. The molecule has 0 heterocycles. The molecule has 1 aromatic carbocycles. The lowest BCUT2D eigenvalue weighted by atomic mass is 10.2. The summed E-state index contributed by atoms with van der Waals surface area (Å²) in [7, 11) is 1.64. The summed E-state index contributed by atoms with van der Waals surface area (Å²) in [6.45, 7) is 3.14. The van der Waals surface area contributed by atoms with E-state index in [1.807, 2.05) is 6.92 Å². The summed E-state index contributed by atoms with van der Waals surface area (Å²) >= 11 is 0. The minimum atomic E-state index is -0.276. The fourth-order valence-electron chi connectivity index (χ4n) is 1.79. The van der Waals surface area contributed by atoms with Gasteiger partial charge in [-0.25, -0.2) is 4.39 Å². The summed E-state index contributed by atoms with van der Waals surface area (Å²) in [4.78, 5) is 0. The van der Waals surface area contributed by atoms with Crippen LogP contribution in [0.4, 0.5) is 4.39 Å². The van der Waals surface area contributed by atoms with E-state index in [1.54, 1.807) is 13.2 Å². The molecule has 1 N–H and O–H groups in total. The van der Waals surface area contributed by atoms with Gasteiger partial charge in [0.05, 0.1) is 6.61 Å². The molecule has 4 heteroatoms. The van der Waals surface area contributed by atoms with Gasteiger partial charge >= 0.3 is 0 Å². The van der Waals surface area contributed by atoms with Crippen LogP contribution in [0.1, 0.15) is 18.4 Å². The van der Waals surface area contributed by atoms with Gasteiger partial charge < -0.3 is 14.8 Å². The second kappa shape index (κ2) is 6.16. The summed E-state index contributed by atoms with van der Waals surface area (Å²) in [6, 6.07) is 5.22. The standard InChI is InChI=1S/C14H20FNO2/c1-10-3-4-11(15)7-14(10)18-13(9-17-2)8-16-12-5-6-12/h3-4,7,12-13,16H,5-6,8-9H2,1-2H3. The van der Waals surface area contributed by atoms with E-state index >= 15 is 0 Å². The minimum absolute atomic E-state index is 0.0869. The normalized spacial score (nSPS) is 16.6. The van der Waals surface area contributed by atoms with Crippen LogP contribution in [0.5, 0.6) is 5.75 Å². The molecule has 1 unspecified atom stereocenters. The van der Waals surface area contributed by atoms with E-state index in [0.29, 0.717) is 18.4 Å². The van der Waals surface area contributed by atoms with Crippen molar-refractivity contribution in [3.63, 3.8) is 0 Å². The highest BCUT2D eigenvalue weighted by Gasteiger charge is 2.22. The Labute approximate surface area is 107 Å². The lowest BCUT2D eigenvalue weighted by molar-refractivity contribution is 0.0797. The number of nitrogens with one attached hydrogen (secondary N) is 1. The number of ether oxygens (including phenoxy) is 2. The minimum Gasteiger partial charge on any atom is -0.486 e. The Morgan fingerprint density at radius 1 is 1.44 bits per heavy atom. The quantitative estimate of drug-likeness (QED) is 0.808. The molecule has 100 valence electrons. The van der Waals surface area contributed by atoms with Crippen molar-refractivity contribution >= 4 is 0 Å². The van der Waals surface area contributed by atoms with Gasteiger partial charge in [-0.3, -0.25) is 0 Å². The Morgan fingerprint density at radius 2 is 2.22 bits per heavy atom. The van der Waals surface area contributed by atoms with Crippen molar-refractivity contribution in [2.24, 2.45) is 0 Å². The molecule has 1 aliphatic carbocycles. The number of benzene rings is 1. The Kier molecular flexibility index (Phi) is 4.55. The molecule has 3 nitrogen and oxygen atoms in total. The molecular formula is C14H20FNO2. The summed E-state index contributed by atoms with van der Waals surface area (Å²) in [5, 5.41) is 3.40. The van der Waals surface area contributed by atoms with Crippen LogP contribution in [0.3, 0.4) is 0 Å². The molecule has 1 atom stereocenters. The molecule has 1 aliphatic rings. The van der Waals surface area contributed by atoms with Crippen molar-refractivity contribution < 1.29 is 13.9 Å². The van der Waals surface area contributed by atoms with Crippen LogP contribution in [0.2, 0.25) is 0 Å². The Hall–Kier alpha value is -1.13. The third-order valence-corrected chi connectivity index (χ3v) is 3.01. The zero-order valence-corrected chi connectivity index (χ0v) is 10.9. The van der Waals surface area contributed by atoms with Gasteiger partial charge in [0.1, 0.15) is 17.7 Å². The highest BCUT2D eigenvalue weighted by atomic mass is 19.1. The van der Waals surface area contributed by atoms with Crippen LogP contribution in [0.15, 0.2) is 18.2 Å². The number of rotatable bonds is 7. The molecule has 1 fully saturated rings. The van der Waals surface area contributed by atoms with E-state index in [0.717, 1.165) is 12.1 Å². The number of methoxy groups -OCH3 is 1. The highest BCUT2D eigenvalue weighted by Crippen LogP contribution is 2.21. The van der Waals surface area contributed by atoms with Gasteiger partial charge in [0.15, 0.2) is 0 Å². The van der Waals surface area contributed by atoms with Crippen LogP contribution < -0.4 is 10.1 Å². The Morgan fingerprint density at radius 3 is 2.89 bits per heavy atom. The average Bonchev–Trinajstić information content (AvgIpc) is 3.15. The maximum atomic E-state index is 13.2. The zero-order chi connectivity index (χ0) is 13.0. The number of hydrogen-bond donors (Lipinski definition) is 1. The molecular weight excluding hydrogens is 233 g/mol. The Balaban J connectivity index is 1.94. The molecule has 0 spiro atoms. The molecule has 2 rings (SSSR count). The maximum absolute atomic E-state index is 13.2. The van der Waals surface area contributed by atoms with Crippen molar-refractivity contribution in [1.82, 2.24) is 5.32 Å². The first-order valence-electron chi connectivity index (χ1n) is 6.34. The summed E-state index contributed by atoms with van der Waals surface area (Å²) in [5.74, 6) is 0.316. The van der Waals surface area contributed by atoms with E-state index < -0.39 is 0 Å². The average molecular weight is 253 g/mol. The maximum Gasteiger partial charge on any atom is 0.134 e. The first kappa shape index (κ1) is 13.3. The van der Waals surface area contributed by atoms with Gasteiger partial charge in [0, 0.05) is 25.8 Å². The predicted molar refractivity (Wildman–Crippen MR) is 68.5 cm³/mol. The molecule has 1 aromatic rings. The van der Waals surface area contributed by atoms with E-state index in [4.69, 9.17) is 9.47 Å². The molecule has 0 radical (unpaired) electrons. The highest BCUT2D eigenvalue weighted by molar-refractivity contribution is 5.32. The first-order valence-corrected chi connectivity index (χ1v) is 6.34.